The van der Waals surface area contributed by atoms with Crippen molar-refractivity contribution in [3.63, 3.8) is 0 Å². The zero-order chi connectivity index (χ0) is 17.4. The maximum atomic E-state index is 11.7. The molecule has 2 aromatic carbocycles. The normalized spacial score (nSPS) is 17.9. The van der Waals surface area contributed by atoms with Crippen LogP contribution in [0, 0.1) is 0 Å². The molecule has 0 radical (unpaired) electrons. The molecule has 0 bridgehead atoms. The highest BCUT2D eigenvalue weighted by molar-refractivity contribution is 7.99. The number of hydrogen-bond acceptors (Lipinski definition) is 4. The first-order valence-corrected chi connectivity index (χ1v) is 9.67. The lowest BCUT2D eigenvalue weighted by Crippen LogP contribution is -2.40. The Morgan fingerprint density at radius 2 is 1.84 bits per heavy atom. The molecule has 2 aromatic rings. The predicted octanol–water partition coefficient (Wildman–Crippen LogP) is 3.87. The summed E-state index contributed by atoms with van der Waals surface area (Å²) in [6.45, 7) is 5.66. The summed E-state index contributed by atoms with van der Waals surface area (Å²) in [6, 6.07) is 14.6. The zero-order valence-electron chi connectivity index (χ0n) is 14.4. The van der Waals surface area contributed by atoms with Crippen LogP contribution in [0.2, 0.25) is 0 Å². The maximum absolute atomic E-state index is 11.7. The van der Waals surface area contributed by atoms with E-state index in [1.807, 2.05) is 18.2 Å². The SMILES string of the molecule is CC(CN1CCCC1)N1c2ccccc2Sc2ccc(C(N)=O)cc21. The molecule has 2 aliphatic rings. The number of hydrogen-bond donors (Lipinski definition) is 1. The molecule has 1 saturated heterocycles. The summed E-state index contributed by atoms with van der Waals surface area (Å²) in [5, 5.41) is 0. The van der Waals surface area contributed by atoms with Gasteiger partial charge in [0, 0.05) is 27.9 Å². The van der Waals surface area contributed by atoms with Crippen LogP contribution in [0.5, 0.6) is 0 Å². The van der Waals surface area contributed by atoms with E-state index in [4.69, 9.17) is 5.73 Å². The van der Waals surface area contributed by atoms with E-state index >= 15 is 0 Å². The third kappa shape index (κ3) is 3.14. The summed E-state index contributed by atoms with van der Waals surface area (Å²) in [5.74, 6) is -0.376. The number of nitrogens with zero attached hydrogens (tertiary/aromatic N) is 2. The van der Waals surface area contributed by atoms with E-state index in [1.54, 1.807) is 11.8 Å². The monoisotopic (exact) mass is 353 g/mol. The van der Waals surface area contributed by atoms with Crippen molar-refractivity contribution in [1.82, 2.24) is 4.90 Å². The van der Waals surface area contributed by atoms with Gasteiger partial charge in [0.2, 0.25) is 5.91 Å². The third-order valence-corrected chi connectivity index (χ3v) is 6.14. The van der Waals surface area contributed by atoms with E-state index < -0.39 is 0 Å². The van der Waals surface area contributed by atoms with E-state index in [0.717, 1.165) is 12.2 Å². The molecule has 130 valence electrons. The van der Waals surface area contributed by atoms with Gasteiger partial charge in [0.1, 0.15) is 0 Å². The number of carbonyl (C=O) groups is 1. The van der Waals surface area contributed by atoms with E-state index in [0.29, 0.717) is 11.6 Å². The van der Waals surface area contributed by atoms with Crippen molar-refractivity contribution >= 4 is 29.0 Å². The maximum Gasteiger partial charge on any atom is 0.248 e. The number of amides is 1. The van der Waals surface area contributed by atoms with Crippen molar-refractivity contribution in [2.24, 2.45) is 5.73 Å². The predicted molar refractivity (Wildman–Crippen MR) is 103 cm³/mol. The molecule has 1 fully saturated rings. The van der Waals surface area contributed by atoms with Crippen LogP contribution in [0.3, 0.4) is 0 Å². The minimum atomic E-state index is -0.376. The van der Waals surface area contributed by atoms with E-state index in [2.05, 4.69) is 41.0 Å². The molecule has 0 spiro atoms. The Bertz CT molecular complexity index is 801. The second-order valence-electron chi connectivity index (χ2n) is 6.84. The standard InChI is InChI=1S/C20H23N3OS/c1-14(13-22-10-4-5-11-22)23-16-6-2-3-7-18(16)25-19-9-8-15(20(21)24)12-17(19)23/h2-3,6-9,12,14H,4-5,10-11,13H2,1H3,(H2,21,24). The van der Waals surface area contributed by atoms with Crippen molar-refractivity contribution in [2.75, 3.05) is 24.5 Å². The van der Waals surface area contributed by atoms with E-state index in [9.17, 15) is 4.79 Å². The fraction of sp³-hybridized carbons (Fsp3) is 0.350. The average molecular weight is 353 g/mol. The van der Waals surface area contributed by atoms with Crippen molar-refractivity contribution < 1.29 is 4.79 Å². The summed E-state index contributed by atoms with van der Waals surface area (Å²) >= 11 is 1.76. The number of primary amides is 1. The van der Waals surface area contributed by atoms with Crippen LogP contribution in [0.1, 0.15) is 30.1 Å². The minimum absolute atomic E-state index is 0.321. The van der Waals surface area contributed by atoms with Crippen LogP contribution in [0.15, 0.2) is 52.3 Å². The van der Waals surface area contributed by atoms with Crippen molar-refractivity contribution in [2.45, 2.75) is 35.6 Å². The van der Waals surface area contributed by atoms with Gasteiger partial charge in [-0.2, -0.15) is 0 Å². The molecule has 0 saturated carbocycles. The lowest BCUT2D eigenvalue weighted by Gasteiger charge is -2.39. The first-order chi connectivity index (χ1) is 12.1. The topological polar surface area (TPSA) is 49.6 Å². The lowest BCUT2D eigenvalue weighted by atomic mass is 10.1. The van der Waals surface area contributed by atoms with Gasteiger partial charge in [-0.3, -0.25) is 4.79 Å². The van der Waals surface area contributed by atoms with Gasteiger partial charge in [-0.25, -0.2) is 0 Å². The molecule has 2 N–H and O–H groups in total. The van der Waals surface area contributed by atoms with Crippen LogP contribution in [0.4, 0.5) is 11.4 Å². The van der Waals surface area contributed by atoms with Crippen molar-refractivity contribution in [1.29, 1.82) is 0 Å². The van der Waals surface area contributed by atoms with Gasteiger partial charge in [-0.15, -0.1) is 0 Å². The van der Waals surface area contributed by atoms with Crippen LogP contribution in [-0.4, -0.2) is 36.5 Å². The molecule has 4 nitrogen and oxygen atoms in total. The summed E-state index contributed by atoms with van der Waals surface area (Å²) in [6.07, 6.45) is 2.59. The van der Waals surface area contributed by atoms with Gasteiger partial charge in [0.25, 0.3) is 0 Å². The molecule has 0 aliphatic carbocycles. The molecule has 1 unspecified atom stereocenters. The second-order valence-corrected chi connectivity index (χ2v) is 7.93. The Hall–Kier alpha value is -1.98. The number of para-hydroxylation sites is 1. The Balaban J connectivity index is 1.75. The van der Waals surface area contributed by atoms with Crippen molar-refractivity contribution in [3.05, 3.63) is 48.0 Å². The highest BCUT2D eigenvalue weighted by Crippen LogP contribution is 2.49. The number of likely N-dealkylation sites (tertiary alicyclic amines) is 1. The largest absolute Gasteiger partial charge is 0.366 e. The average Bonchev–Trinajstić information content (AvgIpc) is 3.11. The number of fused-ring (bicyclic) bond motifs is 2. The molecule has 1 amide bonds. The Labute approximate surface area is 153 Å². The number of benzene rings is 2. The lowest BCUT2D eigenvalue weighted by molar-refractivity contribution is 0.1000. The highest BCUT2D eigenvalue weighted by Gasteiger charge is 2.29. The van der Waals surface area contributed by atoms with Gasteiger partial charge in [0.05, 0.1) is 11.4 Å². The first-order valence-electron chi connectivity index (χ1n) is 8.86. The summed E-state index contributed by atoms with van der Waals surface area (Å²) in [4.78, 5) is 19.0. The Kier molecular flexibility index (Phi) is 4.44. The van der Waals surface area contributed by atoms with Gasteiger partial charge in [-0.05, 0) is 63.2 Å². The number of anilines is 2. The molecule has 2 heterocycles. The molecule has 5 heteroatoms. The first kappa shape index (κ1) is 16.5. The van der Waals surface area contributed by atoms with Crippen molar-refractivity contribution in [3.8, 4) is 0 Å². The Morgan fingerprint density at radius 1 is 1.12 bits per heavy atom. The summed E-state index contributed by atoms with van der Waals surface area (Å²) in [7, 11) is 0. The smallest absolute Gasteiger partial charge is 0.248 e. The molecule has 0 aromatic heterocycles. The highest BCUT2D eigenvalue weighted by atomic mass is 32.2. The molecule has 1 atom stereocenters. The Morgan fingerprint density at radius 3 is 2.60 bits per heavy atom. The number of carbonyl (C=O) groups excluding carboxylic acids is 1. The number of nitrogens with two attached hydrogens (primary N) is 1. The summed E-state index contributed by atoms with van der Waals surface area (Å²) < 4.78 is 0. The van der Waals surface area contributed by atoms with Crippen LogP contribution in [-0.2, 0) is 0 Å². The van der Waals surface area contributed by atoms with Gasteiger partial charge >= 0.3 is 0 Å². The van der Waals surface area contributed by atoms with Crippen LogP contribution < -0.4 is 10.6 Å². The minimum Gasteiger partial charge on any atom is -0.366 e. The summed E-state index contributed by atoms with van der Waals surface area (Å²) in [5.41, 5.74) is 8.39. The molecule has 2 aliphatic heterocycles. The fourth-order valence-electron chi connectivity index (χ4n) is 3.83. The quantitative estimate of drug-likeness (QED) is 0.906. The van der Waals surface area contributed by atoms with E-state index in [-0.39, 0.29) is 5.91 Å². The van der Waals surface area contributed by atoms with E-state index in [1.165, 1.54) is 41.4 Å². The zero-order valence-corrected chi connectivity index (χ0v) is 15.3. The molecule has 25 heavy (non-hydrogen) atoms. The third-order valence-electron chi connectivity index (χ3n) is 5.01. The van der Waals surface area contributed by atoms with Gasteiger partial charge in [-0.1, -0.05) is 23.9 Å². The number of rotatable bonds is 4. The second kappa shape index (κ2) is 6.73. The molecule has 4 rings (SSSR count). The molecular weight excluding hydrogens is 330 g/mol. The molecular formula is C20H23N3OS. The van der Waals surface area contributed by atoms with Crippen LogP contribution >= 0.6 is 11.8 Å². The van der Waals surface area contributed by atoms with Gasteiger partial charge in [0.15, 0.2) is 0 Å². The van der Waals surface area contributed by atoms with Crippen LogP contribution in [0.25, 0.3) is 0 Å². The van der Waals surface area contributed by atoms with Gasteiger partial charge < -0.3 is 15.5 Å². The fourth-order valence-corrected chi connectivity index (χ4v) is 4.88.